The van der Waals surface area contributed by atoms with Gasteiger partial charge in [-0.1, -0.05) is 38.8 Å². The highest BCUT2D eigenvalue weighted by Crippen LogP contribution is 2.40. The number of hydrogen-bond acceptors (Lipinski definition) is 2. The third-order valence-electron chi connectivity index (χ3n) is 8.27. The predicted molar refractivity (Wildman–Crippen MR) is 120 cm³/mol. The average Bonchev–Trinajstić information content (AvgIpc) is 2.82. The Morgan fingerprint density at radius 1 is 0.710 bits per heavy atom. The molecule has 4 rings (SSSR count). The summed E-state index contributed by atoms with van der Waals surface area (Å²) in [7, 11) is 0. The van der Waals surface area contributed by atoms with Gasteiger partial charge in [-0.3, -0.25) is 0 Å². The van der Waals surface area contributed by atoms with Crippen LogP contribution in [0.3, 0.4) is 0 Å². The van der Waals surface area contributed by atoms with Gasteiger partial charge in [0.15, 0.2) is 11.6 Å². The minimum Gasteiger partial charge on any atom is -0.375 e. The molecule has 0 bridgehead atoms. The van der Waals surface area contributed by atoms with Gasteiger partial charge in [-0.15, -0.1) is 0 Å². The van der Waals surface area contributed by atoms with Gasteiger partial charge in [0, 0.05) is 12.5 Å². The molecule has 4 heteroatoms. The molecular formula is C27H40F2O2. The van der Waals surface area contributed by atoms with E-state index < -0.39 is 11.6 Å². The Hall–Kier alpha value is -1.00. The Labute approximate surface area is 187 Å². The Kier molecular flexibility index (Phi) is 8.03. The van der Waals surface area contributed by atoms with Gasteiger partial charge in [0.1, 0.15) is 0 Å². The lowest BCUT2D eigenvalue weighted by Gasteiger charge is -2.38. The lowest BCUT2D eigenvalue weighted by Crippen LogP contribution is -2.40. The summed E-state index contributed by atoms with van der Waals surface area (Å²) in [4.78, 5) is 0. The highest BCUT2D eigenvalue weighted by Gasteiger charge is 2.34. The average molecular weight is 435 g/mol. The fourth-order valence-corrected chi connectivity index (χ4v) is 6.16. The van der Waals surface area contributed by atoms with Crippen LogP contribution in [0.4, 0.5) is 8.78 Å². The minimum atomic E-state index is -0.640. The molecule has 2 aliphatic heterocycles. The van der Waals surface area contributed by atoms with Crippen molar-refractivity contribution in [1.82, 2.24) is 0 Å². The summed E-state index contributed by atoms with van der Waals surface area (Å²) in [6.45, 7) is 5.74. The zero-order valence-electron chi connectivity index (χ0n) is 19.4. The van der Waals surface area contributed by atoms with Crippen molar-refractivity contribution in [2.75, 3.05) is 13.2 Å². The largest absolute Gasteiger partial charge is 0.375 e. The molecule has 0 spiro atoms. The van der Waals surface area contributed by atoms with Gasteiger partial charge in [-0.25, -0.2) is 8.78 Å². The molecule has 1 aromatic carbocycles. The van der Waals surface area contributed by atoms with Gasteiger partial charge >= 0.3 is 0 Å². The molecule has 31 heavy (non-hydrogen) atoms. The van der Waals surface area contributed by atoms with Crippen molar-refractivity contribution in [2.45, 2.75) is 109 Å². The Morgan fingerprint density at radius 2 is 1.26 bits per heavy atom. The molecular weight excluding hydrogens is 394 g/mol. The van der Waals surface area contributed by atoms with Gasteiger partial charge in [0.2, 0.25) is 0 Å². The number of hydrogen-bond donors (Lipinski definition) is 0. The van der Waals surface area contributed by atoms with Gasteiger partial charge in [-0.2, -0.15) is 0 Å². The maximum Gasteiger partial charge on any atom is 0.162 e. The smallest absolute Gasteiger partial charge is 0.162 e. The summed E-state index contributed by atoms with van der Waals surface area (Å²) in [5.41, 5.74) is 1.08. The quantitative estimate of drug-likeness (QED) is 0.461. The first-order chi connectivity index (χ1) is 15.1. The summed E-state index contributed by atoms with van der Waals surface area (Å²) >= 11 is 0. The first-order valence-corrected chi connectivity index (χ1v) is 12.8. The summed E-state index contributed by atoms with van der Waals surface area (Å²) in [6, 6.07) is 3.69. The highest BCUT2D eigenvalue weighted by atomic mass is 19.2. The molecule has 2 nitrogen and oxygen atoms in total. The van der Waals surface area contributed by atoms with Crippen molar-refractivity contribution in [3.05, 3.63) is 34.9 Å². The van der Waals surface area contributed by atoms with Crippen LogP contribution in [0.1, 0.15) is 107 Å². The molecule has 0 amide bonds. The van der Waals surface area contributed by atoms with Crippen molar-refractivity contribution in [2.24, 2.45) is 11.8 Å². The van der Waals surface area contributed by atoms with E-state index in [0.717, 1.165) is 57.5 Å². The first-order valence-electron chi connectivity index (χ1n) is 12.8. The summed E-state index contributed by atoms with van der Waals surface area (Å²) in [6.07, 6.45) is 12.1. The van der Waals surface area contributed by atoms with E-state index in [-0.39, 0.29) is 24.0 Å². The van der Waals surface area contributed by atoms with Crippen molar-refractivity contribution >= 4 is 0 Å². The molecule has 2 heterocycles. The van der Waals surface area contributed by atoms with Gasteiger partial charge in [0.25, 0.3) is 0 Å². The van der Waals surface area contributed by atoms with Crippen LogP contribution < -0.4 is 0 Å². The SMILES string of the molecule is CCCC1CCC(C2CCC(c3ccc(C4CCC(CC)CC4)c(F)c3F)CO2)OC1. The Balaban J connectivity index is 1.33. The number of ether oxygens (including phenoxy) is 2. The number of rotatable bonds is 6. The molecule has 3 fully saturated rings. The molecule has 1 aromatic rings. The maximum atomic E-state index is 15.1. The van der Waals surface area contributed by atoms with E-state index in [1.807, 2.05) is 12.1 Å². The second kappa shape index (κ2) is 10.7. The molecule has 0 N–H and O–H groups in total. The van der Waals surface area contributed by atoms with E-state index in [1.54, 1.807) is 0 Å². The van der Waals surface area contributed by atoms with Crippen LogP contribution in [0.25, 0.3) is 0 Å². The van der Waals surface area contributed by atoms with Crippen LogP contribution >= 0.6 is 0 Å². The van der Waals surface area contributed by atoms with E-state index in [1.165, 1.54) is 25.7 Å². The van der Waals surface area contributed by atoms with E-state index in [0.29, 0.717) is 23.7 Å². The predicted octanol–water partition coefficient (Wildman–Crippen LogP) is 7.51. The van der Waals surface area contributed by atoms with Crippen LogP contribution in [0.15, 0.2) is 12.1 Å². The van der Waals surface area contributed by atoms with E-state index >= 15 is 8.78 Å². The fourth-order valence-electron chi connectivity index (χ4n) is 6.16. The van der Waals surface area contributed by atoms with E-state index in [4.69, 9.17) is 9.47 Å². The number of benzene rings is 1. The molecule has 1 aliphatic carbocycles. The molecule has 2 saturated heterocycles. The monoisotopic (exact) mass is 434 g/mol. The van der Waals surface area contributed by atoms with Crippen LogP contribution in [-0.4, -0.2) is 25.4 Å². The normalized spacial score (nSPS) is 34.6. The van der Waals surface area contributed by atoms with E-state index in [9.17, 15) is 0 Å². The zero-order chi connectivity index (χ0) is 21.8. The summed E-state index contributed by atoms with van der Waals surface area (Å²) in [5.74, 6) is 0.285. The first kappa shape index (κ1) is 23.2. The van der Waals surface area contributed by atoms with Gasteiger partial charge < -0.3 is 9.47 Å². The second-order valence-corrected chi connectivity index (χ2v) is 10.2. The summed E-state index contributed by atoms with van der Waals surface area (Å²) < 4.78 is 42.3. The van der Waals surface area contributed by atoms with Crippen LogP contribution in [0.5, 0.6) is 0 Å². The Bertz CT molecular complexity index is 697. The van der Waals surface area contributed by atoms with Crippen molar-refractivity contribution in [1.29, 1.82) is 0 Å². The molecule has 1 saturated carbocycles. The molecule has 4 unspecified atom stereocenters. The highest BCUT2D eigenvalue weighted by molar-refractivity contribution is 5.32. The zero-order valence-corrected chi connectivity index (χ0v) is 19.4. The van der Waals surface area contributed by atoms with Crippen LogP contribution in [0.2, 0.25) is 0 Å². The van der Waals surface area contributed by atoms with Crippen molar-refractivity contribution < 1.29 is 18.3 Å². The van der Waals surface area contributed by atoms with E-state index in [2.05, 4.69) is 13.8 Å². The molecule has 0 aromatic heterocycles. The minimum absolute atomic E-state index is 0.0629. The molecule has 4 atom stereocenters. The third-order valence-corrected chi connectivity index (χ3v) is 8.27. The third kappa shape index (κ3) is 5.33. The lowest BCUT2D eigenvalue weighted by molar-refractivity contribution is -0.124. The topological polar surface area (TPSA) is 18.5 Å². The maximum absolute atomic E-state index is 15.1. The molecule has 3 aliphatic rings. The van der Waals surface area contributed by atoms with Gasteiger partial charge in [-0.05, 0) is 86.7 Å². The van der Waals surface area contributed by atoms with Crippen LogP contribution in [0, 0.1) is 23.5 Å². The molecule has 174 valence electrons. The van der Waals surface area contributed by atoms with Gasteiger partial charge in [0.05, 0.1) is 18.8 Å². The van der Waals surface area contributed by atoms with Crippen molar-refractivity contribution in [3.8, 4) is 0 Å². The van der Waals surface area contributed by atoms with Crippen molar-refractivity contribution in [3.63, 3.8) is 0 Å². The Morgan fingerprint density at radius 3 is 1.77 bits per heavy atom. The lowest BCUT2D eigenvalue weighted by atomic mass is 9.77. The summed E-state index contributed by atoms with van der Waals surface area (Å²) in [5, 5.41) is 0. The molecule has 0 radical (unpaired) electrons. The number of halogens is 2. The standard InChI is InChI=1S/C27H40F2O2/c1-3-5-19-8-14-24(30-16-19)25-15-11-21(17-31-25)23-13-12-22(26(28)27(23)29)20-9-6-18(4-2)7-10-20/h12-13,18-21,24-25H,3-11,14-17H2,1-2H3. The van der Waals surface area contributed by atoms with Crippen LogP contribution in [-0.2, 0) is 9.47 Å². The second-order valence-electron chi connectivity index (χ2n) is 10.2. The fraction of sp³-hybridized carbons (Fsp3) is 0.778.